The van der Waals surface area contributed by atoms with Crippen molar-refractivity contribution in [2.75, 3.05) is 13.2 Å². The summed E-state index contributed by atoms with van der Waals surface area (Å²) in [5.74, 6) is -2.74. The molecule has 4 rings (SSSR count). The maximum Gasteiger partial charge on any atom is 0.412 e. The van der Waals surface area contributed by atoms with E-state index in [1.54, 1.807) is 18.2 Å². The second-order valence-electron chi connectivity index (χ2n) is 9.94. The Hall–Kier alpha value is -2.67. The van der Waals surface area contributed by atoms with Crippen LogP contribution in [0.3, 0.4) is 0 Å². The van der Waals surface area contributed by atoms with E-state index in [2.05, 4.69) is 5.48 Å². The lowest BCUT2D eigenvalue weighted by atomic mass is 9.85. The fourth-order valence-corrected chi connectivity index (χ4v) is 5.04. The Morgan fingerprint density at radius 2 is 1.95 bits per heavy atom. The normalized spacial score (nSPS) is 24.4. The number of carbonyl (C=O) groups is 1. The molecule has 2 N–H and O–H groups in total. The summed E-state index contributed by atoms with van der Waals surface area (Å²) < 4.78 is 85.0. The zero-order chi connectivity index (χ0) is 28.2. The van der Waals surface area contributed by atoms with Crippen LogP contribution in [0.1, 0.15) is 61.3 Å². The molecule has 0 spiro atoms. The molecule has 12 heteroatoms. The number of hydrogen-bond donors (Lipinski definition) is 2. The first-order valence-corrected chi connectivity index (χ1v) is 12.8. The topological polar surface area (TPSA) is 71.0 Å². The van der Waals surface area contributed by atoms with E-state index in [4.69, 9.17) is 9.57 Å². The van der Waals surface area contributed by atoms with Gasteiger partial charge in [-0.2, -0.15) is 31.4 Å². The number of alkyl halides is 6. The van der Waals surface area contributed by atoms with Gasteiger partial charge in [-0.05, 0) is 72.9 Å². The number of hydroxylamine groups is 3. The van der Waals surface area contributed by atoms with Crippen molar-refractivity contribution in [1.29, 1.82) is 0 Å². The Morgan fingerprint density at radius 3 is 2.64 bits per heavy atom. The Bertz CT molecular complexity index is 1120. The van der Waals surface area contributed by atoms with Crippen LogP contribution in [-0.4, -0.2) is 48.0 Å². The summed E-state index contributed by atoms with van der Waals surface area (Å²) in [5, 5.41) is 11.6. The lowest BCUT2D eigenvalue weighted by Crippen LogP contribution is -2.32. The average Bonchev–Trinajstić information content (AvgIpc) is 2.89. The van der Waals surface area contributed by atoms with Crippen molar-refractivity contribution in [1.82, 2.24) is 10.5 Å². The molecule has 6 nitrogen and oxygen atoms in total. The Morgan fingerprint density at radius 1 is 1.15 bits per heavy atom. The van der Waals surface area contributed by atoms with Crippen molar-refractivity contribution >= 4 is 12.0 Å². The Kier molecular flexibility index (Phi) is 9.20. The van der Waals surface area contributed by atoms with Crippen LogP contribution in [0.5, 0.6) is 0 Å². The molecule has 39 heavy (non-hydrogen) atoms. The van der Waals surface area contributed by atoms with Crippen LogP contribution in [0.15, 0.2) is 47.6 Å². The average molecular weight is 561 g/mol. The van der Waals surface area contributed by atoms with Gasteiger partial charge >= 0.3 is 12.4 Å². The molecule has 0 aromatic heterocycles. The Balaban J connectivity index is 1.42. The van der Waals surface area contributed by atoms with E-state index in [0.717, 1.165) is 35.1 Å². The molecule has 1 saturated heterocycles. The first-order valence-electron chi connectivity index (χ1n) is 12.8. The Labute approximate surface area is 221 Å². The van der Waals surface area contributed by atoms with E-state index in [-0.39, 0.29) is 5.57 Å². The molecule has 0 saturated carbocycles. The van der Waals surface area contributed by atoms with Crippen LogP contribution >= 0.6 is 0 Å². The summed E-state index contributed by atoms with van der Waals surface area (Å²) in [6, 6.07) is 4.71. The highest BCUT2D eigenvalue weighted by atomic mass is 19.4. The maximum atomic E-state index is 13.3. The van der Waals surface area contributed by atoms with Crippen LogP contribution in [0.2, 0.25) is 0 Å². The van der Waals surface area contributed by atoms with Gasteiger partial charge in [-0.25, -0.2) is 10.3 Å². The molecule has 1 heterocycles. The standard InChI is InChI=1S/C27H30F6N2O4/c28-26(29,30)20-13-18(14-21(15-20)27(31,32)33)16-35(37)23-5-3-4-19-12-17(7-9-22(19)23)8-10-24(36)34-39-25-6-1-2-11-38-25/h7-10,12-14,20,23,25,37H,1-6,11,15-16H2,(H,34,36)/b10-8+. The largest absolute Gasteiger partial charge is 0.412 e. The molecule has 2 aliphatic carbocycles. The molecular weight excluding hydrogens is 530 g/mol. The number of ether oxygens (including phenoxy) is 1. The second-order valence-corrected chi connectivity index (χ2v) is 9.94. The molecule has 0 radical (unpaired) electrons. The minimum atomic E-state index is -4.89. The summed E-state index contributed by atoms with van der Waals surface area (Å²) in [6.45, 7) is 0.0948. The number of fused-ring (bicyclic) bond motifs is 1. The van der Waals surface area contributed by atoms with E-state index in [1.165, 1.54) is 6.08 Å². The van der Waals surface area contributed by atoms with Gasteiger partial charge in [0.1, 0.15) is 0 Å². The number of allylic oxidation sites excluding steroid dienone is 2. The fourth-order valence-electron chi connectivity index (χ4n) is 5.04. The van der Waals surface area contributed by atoms with Gasteiger partial charge in [0, 0.05) is 31.2 Å². The van der Waals surface area contributed by atoms with Crippen LogP contribution in [-0.2, 0) is 20.8 Å². The monoisotopic (exact) mass is 560 g/mol. The molecule has 0 bridgehead atoms. The van der Waals surface area contributed by atoms with Crippen molar-refractivity contribution in [2.45, 2.75) is 69.6 Å². The third kappa shape index (κ3) is 7.93. The summed E-state index contributed by atoms with van der Waals surface area (Å²) >= 11 is 0. The second kappa shape index (κ2) is 12.2. The van der Waals surface area contributed by atoms with Gasteiger partial charge in [0.15, 0.2) is 6.29 Å². The lowest BCUT2D eigenvalue weighted by Gasteiger charge is -2.33. The third-order valence-corrected chi connectivity index (χ3v) is 7.01. The van der Waals surface area contributed by atoms with Crippen LogP contribution in [0.4, 0.5) is 26.3 Å². The van der Waals surface area contributed by atoms with Crippen molar-refractivity contribution in [3.8, 4) is 0 Å². The maximum absolute atomic E-state index is 13.3. The van der Waals surface area contributed by atoms with Gasteiger partial charge in [-0.3, -0.25) is 4.79 Å². The minimum Gasteiger partial charge on any atom is -0.350 e. The SMILES string of the molecule is O=C(/C=C/c1ccc2c(c1)CCCC2N(O)CC1=CC(C(F)(F)F)CC(C(F)(F)F)=C1)NOC1CCCCO1. The molecule has 3 unspecified atom stereocenters. The van der Waals surface area contributed by atoms with E-state index in [1.807, 2.05) is 6.07 Å². The number of carbonyl (C=O) groups excluding carboxylic acids is 1. The van der Waals surface area contributed by atoms with Crippen LogP contribution < -0.4 is 5.48 Å². The smallest absolute Gasteiger partial charge is 0.350 e. The fraction of sp³-hybridized carbons (Fsp3) is 0.519. The molecule has 1 aromatic carbocycles. The van der Waals surface area contributed by atoms with E-state index in [9.17, 15) is 36.3 Å². The van der Waals surface area contributed by atoms with Crippen molar-refractivity contribution in [3.05, 3.63) is 64.3 Å². The van der Waals surface area contributed by atoms with E-state index < -0.39 is 55.0 Å². The number of nitrogens with zero attached hydrogens (tertiary/aromatic N) is 1. The van der Waals surface area contributed by atoms with Crippen LogP contribution in [0.25, 0.3) is 6.08 Å². The quantitative estimate of drug-likeness (QED) is 0.231. The summed E-state index contributed by atoms with van der Waals surface area (Å²) in [4.78, 5) is 17.3. The van der Waals surface area contributed by atoms with Gasteiger partial charge in [0.25, 0.3) is 5.91 Å². The third-order valence-electron chi connectivity index (χ3n) is 7.01. The van der Waals surface area contributed by atoms with Gasteiger partial charge in [-0.15, -0.1) is 0 Å². The lowest BCUT2D eigenvalue weighted by molar-refractivity contribution is -0.198. The van der Waals surface area contributed by atoms with E-state index >= 15 is 0 Å². The summed E-state index contributed by atoms with van der Waals surface area (Å²) in [6.07, 6.45) is -2.62. The van der Waals surface area contributed by atoms with Crippen molar-refractivity contribution in [2.24, 2.45) is 5.92 Å². The van der Waals surface area contributed by atoms with Gasteiger partial charge in [0.2, 0.25) is 0 Å². The van der Waals surface area contributed by atoms with E-state index in [0.29, 0.717) is 43.9 Å². The molecule has 1 amide bonds. The molecule has 214 valence electrons. The predicted molar refractivity (Wildman–Crippen MR) is 129 cm³/mol. The first kappa shape index (κ1) is 29.3. The van der Waals surface area contributed by atoms with Crippen LogP contribution in [0, 0.1) is 5.92 Å². The molecule has 3 atom stereocenters. The van der Waals surface area contributed by atoms with Crippen molar-refractivity contribution in [3.63, 3.8) is 0 Å². The number of hydrogen-bond acceptors (Lipinski definition) is 5. The highest BCUT2D eigenvalue weighted by Gasteiger charge is 2.45. The minimum absolute atomic E-state index is 0.239. The number of halogens is 6. The number of aryl methyl sites for hydroxylation is 1. The summed E-state index contributed by atoms with van der Waals surface area (Å²) in [7, 11) is 0. The van der Waals surface area contributed by atoms with Gasteiger partial charge < -0.3 is 9.94 Å². The molecule has 3 aliphatic rings. The van der Waals surface area contributed by atoms with Gasteiger partial charge in [-0.1, -0.05) is 24.3 Å². The number of benzene rings is 1. The highest BCUT2D eigenvalue weighted by Crippen LogP contribution is 2.42. The van der Waals surface area contributed by atoms with Gasteiger partial charge in [0.05, 0.1) is 12.0 Å². The number of rotatable bonds is 7. The number of nitrogens with one attached hydrogen (secondary N) is 1. The molecule has 1 fully saturated rings. The molecular formula is C27H30F6N2O4. The van der Waals surface area contributed by atoms with Crippen molar-refractivity contribution < 1.29 is 45.9 Å². The number of amides is 1. The predicted octanol–water partition coefficient (Wildman–Crippen LogP) is 6.34. The highest BCUT2D eigenvalue weighted by molar-refractivity contribution is 5.91. The zero-order valence-electron chi connectivity index (χ0n) is 21.0. The molecule has 1 aliphatic heterocycles. The first-order chi connectivity index (χ1) is 18.4. The molecule has 1 aromatic rings. The summed E-state index contributed by atoms with van der Waals surface area (Å²) in [5.41, 5.74) is 3.14. The zero-order valence-corrected chi connectivity index (χ0v) is 21.0.